The number of rotatable bonds is 5. The lowest BCUT2D eigenvalue weighted by Crippen LogP contribution is -2.61. The van der Waals surface area contributed by atoms with Gasteiger partial charge in [0.1, 0.15) is 12.4 Å². The minimum Gasteiger partial charge on any atom is -0.489 e. The van der Waals surface area contributed by atoms with E-state index in [9.17, 15) is 5.11 Å². The molecule has 2 aromatic carbocycles. The molecule has 0 aliphatic carbocycles. The van der Waals surface area contributed by atoms with Crippen LogP contribution in [0.2, 0.25) is 0 Å². The lowest BCUT2D eigenvalue weighted by molar-refractivity contribution is -0.263. The molecular formula is C21H27NO3. The van der Waals surface area contributed by atoms with Gasteiger partial charge in [-0.1, -0.05) is 44.2 Å². The summed E-state index contributed by atoms with van der Waals surface area (Å²) >= 11 is 0. The summed E-state index contributed by atoms with van der Waals surface area (Å²) in [5.41, 5.74) is 1.87. The molecule has 25 heavy (non-hydrogen) atoms. The van der Waals surface area contributed by atoms with E-state index in [0.29, 0.717) is 13.2 Å². The molecule has 1 heterocycles. The first-order valence-electron chi connectivity index (χ1n) is 8.88. The monoisotopic (exact) mass is 341 g/mol. The Morgan fingerprint density at radius 1 is 1.16 bits per heavy atom. The van der Waals surface area contributed by atoms with Crippen LogP contribution in [-0.2, 0) is 17.1 Å². The number of aliphatic hydroxyl groups is 1. The van der Waals surface area contributed by atoms with Gasteiger partial charge in [-0.15, -0.1) is 0 Å². The third-order valence-corrected chi connectivity index (χ3v) is 4.62. The van der Waals surface area contributed by atoms with Crippen LogP contribution in [0.25, 0.3) is 0 Å². The van der Waals surface area contributed by atoms with Gasteiger partial charge in [0.25, 0.3) is 0 Å². The molecule has 1 fully saturated rings. The fraction of sp³-hybridized carbons (Fsp3) is 0.429. The van der Waals surface area contributed by atoms with Gasteiger partial charge in [0.05, 0.1) is 12.6 Å². The molecule has 3 atom stereocenters. The molecular weight excluding hydrogens is 314 g/mol. The van der Waals surface area contributed by atoms with Crippen LogP contribution in [0.3, 0.4) is 0 Å². The predicted molar refractivity (Wildman–Crippen MR) is 98.3 cm³/mol. The lowest BCUT2D eigenvalue weighted by atomic mass is 9.88. The number of hydrogen-bond acceptors (Lipinski definition) is 4. The van der Waals surface area contributed by atoms with Crippen LogP contribution < -0.4 is 10.1 Å². The summed E-state index contributed by atoms with van der Waals surface area (Å²) in [6.07, 6.45) is 0. The highest BCUT2D eigenvalue weighted by atomic mass is 16.6. The second-order valence-corrected chi connectivity index (χ2v) is 7.10. The third-order valence-electron chi connectivity index (χ3n) is 4.62. The molecule has 1 aliphatic rings. The molecule has 134 valence electrons. The van der Waals surface area contributed by atoms with Crippen LogP contribution in [-0.4, -0.2) is 23.8 Å². The summed E-state index contributed by atoms with van der Waals surface area (Å²) in [7, 11) is 0. The van der Waals surface area contributed by atoms with Crippen LogP contribution in [0, 0.1) is 5.92 Å². The highest BCUT2D eigenvalue weighted by molar-refractivity contribution is 5.31. The molecule has 0 unspecified atom stereocenters. The molecule has 2 N–H and O–H groups in total. The molecule has 0 amide bonds. The summed E-state index contributed by atoms with van der Waals surface area (Å²) in [6, 6.07) is 17.7. The molecule has 3 rings (SSSR count). The minimum absolute atomic E-state index is 0.160. The van der Waals surface area contributed by atoms with Crippen molar-refractivity contribution in [3.05, 3.63) is 65.7 Å². The number of ether oxygens (including phenoxy) is 2. The van der Waals surface area contributed by atoms with E-state index >= 15 is 0 Å². The maximum Gasteiger partial charge on any atom is 0.208 e. The lowest BCUT2D eigenvalue weighted by Gasteiger charge is -2.45. The zero-order chi connectivity index (χ0) is 17.9. The van der Waals surface area contributed by atoms with Crippen LogP contribution in [0.5, 0.6) is 5.75 Å². The van der Waals surface area contributed by atoms with Gasteiger partial charge in [0, 0.05) is 11.6 Å². The smallest absolute Gasteiger partial charge is 0.208 e. The molecule has 4 nitrogen and oxygen atoms in total. The van der Waals surface area contributed by atoms with Crippen molar-refractivity contribution in [1.82, 2.24) is 5.32 Å². The van der Waals surface area contributed by atoms with Crippen molar-refractivity contribution in [3.63, 3.8) is 0 Å². The van der Waals surface area contributed by atoms with Crippen LogP contribution in [0.15, 0.2) is 54.6 Å². The van der Waals surface area contributed by atoms with Gasteiger partial charge in [-0.2, -0.15) is 0 Å². The Balaban J connectivity index is 1.72. The zero-order valence-electron chi connectivity index (χ0n) is 15.1. The van der Waals surface area contributed by atoms with Crippen LogP contribution in [0.1, 0.15) is 31.9 Å². The highest BCUT2D eigenvalue weighted by Gasteiger charge is 2.45. The van der Waals surface area contributed by atoms with E-state index in [-0.39, 0.29) is 18.0 Å². The molecule has 0 radical (unpaired) electrons. The van der Waals surface area contributed by atoms with E-state index in [0.717, 1.165) is 16.9 Å². The van der Waals surface area contributed by atoms with E-state index in [1.54, 1.807) is 0 Å². The predicted octanol–water partition coefficient (Wildman–Crippen LogP) is 3.44. The van der Waals surface area contributed by atoms with Crippen molar-refractivity contribution in [2.45, 2.75) is 45.2 Å². The second kappa shape index (κ2) is 7.56. The van der Waals surface area contributed by atoms with Gasteiger partial charge in [0.2, 0.25) is 5.79 Å². The fourth-order valence-electron chi connectivity index (χ4n) is 3.25. The van der Waals surface area contributed by atoms with Crippen molar-refractivity contribution in [1.29, 1.82) is 0 Å². The van der Waals surface area contributed by atoms with Crippen molar-refractivity contribution in [2.75, 3.05) is 6.61 Å². The molecule has 0 saturated carbocycles. The normalized spacial score (nSPS) is 26.6. The largest absolute Gasteiger partial charge is 0.489 e. The Hall–Kier alpha value is -1.88. The topological polar surface area (TPSA) is 50.7 Å². The average Bonchev–Trinajstić information content (AvgIpc) is 2.63. The quantitative estimate of drug-likeness (QED) is 0.875. The Kier molecular flexibility index (Phi) is 5.42. The first-order valence-corrected chi connectivity index (χ1v) is 8.88. The first kappa shape index (κ1) is 17.9. The zero-order valence-corrected chi connectivity index (χ0v) is 15.1. The summed E-state index contributed by atoms with van der Waals surface area (Å²) < 4.78 is 11.7. The minimum atomic E-state index is -1.32. The SMILES string of the molecule is CC(C)[C@@H]1N[C@H](C)CO[C@@]1(O)c1ccc(OCc2ccccc2)cc1. The van der Waals surface area contributed by atoms with E-state index in [4.69, 9.17) is 9.47 Å². The summed E-state index contributed by atoms with van der Waals surface area (Å²) in [6.45, 7) is 7.23. The molecule has 0 aromatic heterocycles. The number of hydrogen-bond donors (Lipinski definition) is 2. The summed E-state index contributed by atoms with van der Waals surface area (Å²) in [5, 5.41) is 14.6. The second-order valence-electron chi connectivity index (χ2n) is 7.10. The van der Waals surface area contributed by atoms with Gasteiger partial charge >= 0.3 is 0 Å². The van der Waals surface area contributed by atoms with Crippen molar-refractivity contribution in [2.24, 2.45) is 5.92 Å². The van der Waals surface area contributed by atoms with Gasteiger partial charge in [-0.3, -0.25) is 0 Å². The van der Waals surface area contributed by atoms with E-state index in [1.165, 1.54) is 0 Å². The Morgan fingerprint density at radius 2 is 1.84 bits per heavy atom. The van der Waals surface area contributed by atoms with Gasteiger partial charge < -0.3 is 19.9 Å². The Morgan fingerprint density at radius 3 is 2.48 bits per heavy atom. The van der Waals surface area contributed by atoms with Gasteiger partial charge in [-0.05, 0) is 42.7 Å². The molecule has 0 bridgehead atoms. The summed E-state index contributed by atoms with van der Waals surface area (Å²) in [5.74, 6) is -0.310. The molecule has 1 saturated heterocycles. The highest BCUT2D eigenvalue weighted by Crippen LogP contribution is 2.34. The van der Waals surface area contributed by atoms with Gasteiger partial charge in [0.15, 0.2) is 0 Å². The summed E-state index contributed by atoms with van der Waals surface area (Å²) in [4.78, 5) is 0. The number of morpholine rings is 1. The average molecular weight is 341 g/mol. The molecule has 4 heteroatoms. The maximum absolute atomic E-state index is 11.2. The fourth-order valence-corrected chi connectivity index (χ4v) is 3.25. The maximum atomic E-state index is 11.2. The van der Waals surface area contributed by atoms with E-state index < -0.39 is 5.79 Å². The standard InChI is InChI=1S/C21H27NO3/c1-15(2)20-21(23,25-13-16(3)22-20)18-9-11-19(12-10-18)24-14-17-7-5-4-6-8-17/h4-12,15-16,20,22-23H,13-14H2,1-3H3/t16-,20+,21+/m1/s1. The van der Waals surface area contributed by atoms with Gasteiger partial charge in [-0.25, -0.2) is 0 Å². The Bertz CT molecular complexity index is 671. The van der Waals surface area contributed by atoms with Crippen molar-refractivity contribution >= 4 is 0 Å². The molecule has 1 aliphatic heterocycles. The number of nitrogens with one attached hydrogen (secondary N) is 1. The van der Waals surface area contributed by atoms with Crippen LogP contribution >= 0.6 is 0 Å². The molecule has 0 spiro atoms. The first-order chi connectivity index (χ1) is 12.0. The third kappa shape index (κ3) is 4.03. The van der Waals surface area contributed by atoms with Crippen LogP contribution in [0.4, 0.5) is 0 Å². The van der Waals surface area contributed by atoms with E-state index in [1.807, 2.05) is 54.6 Å². The Labute approximate surface area is 149 Å². The van der Waals surface area contributed by atoms with Crippen molar-refractivity contribution in [3.8, 4) is 5.75 Å². The number of benzene rings is 2. The van der Waals surface area contributed by atoms with E-state index in [2.05, 4.69) is 26.1 Å². The molecule has 2 aromatic rings. The van der Waals surface area contributed by atoms with Crippen molar-refractivity contribution < 1.29 is 14.6 Å².